The van der Waals surface area contributed by atoms with E-state index in [2.05, 4.69) is 21.2 Å². The third kappa shape index (κ3) is 5.34. The number of carbonyl (C=O) groups excluding carboxylic acids is 3. The van der Waals surface area contributed by atoms with E-state index in [1.165, 1.54) is 12.3 Å². The van der Waals surface area contributed by atoms with Crippen molar-refractivity contribution < 1.29 is 23.9 Å². The van der Waals surface area contributed by atoms with E-state index in [-0.39, 0.29) is 18.0 Å². The lowest BCUT2D eigenvalue weighted by atomic mass is 10.1. The molecule has 9 nitrogen and oxygen atoms in total. The molecule has 0 aliphatic carbocycles. The van der Waals surface area contributed by atoms with Gasteiger partial charge in [-0.05, 0) is 55.0 Å². The van der Waals surface area contributed by atoms with Crippen LogP contribution in [0.25, 0.3) is 0 Å². The molecular weight excluding hydrogens is 424 g/mol. The van der Waals surface area contributed by atoms with Gasteiger partial charge in [0.1, 0.15) is 0 Å². The summed E-state index contributed by atoms with van der Waals surface area (Å²) in [7, 11) is 0. The van der Waals surface area contributed by atoms with Crippen LogP contribution in [-0.4, -0.2) is 30.7 Å². The summed E-state index contributed by atoms with van der Waals surface area (Å²) >= 11 is 0. The first-order chi connectivity index (χ1) is 16.0. The van der Waals surface area contributed by atoms with Crippen molar-refractivity contribution in [3.63, 3.8) is 0 Å². The predicted molar refractivity (Wildman–Crippen MR) is 123 cm³/mol. The van der Waals surface area contributed by atoms with Gasteiger partial charge < -0.3 is 20.1 Å². The number of nitrogens with zero attached hydrogens (tertiary/aromatic N) is 1. The van der Waals surface area contributed by atoms with Crippen molar-refractivity contribution >= 4 is 35.3 Å². The predicted octanol–water partition coefficient (Wildman–Crippen LogP) is 3.06. The highest BCUT2D eigenvalue weighted by molar-refractivity contribution is 6.40. The van der Waals surface area contributed by atoms with Crippen LogP contribution in [0.15, 0.2) is 71.8 Å². The van der Waals surface area contributed by atoms with Crippen LogP contribution in [0.1, 0.15) is 21.5 Å². The van der Waals surface area contributed by atoms with Crippen molar-refractivity contribution in [2.45, 2.75) is 6.92 Å². The van der Waals surface area contributed by atoms with Gasteiger partial charge in [-0.25, -0.2) is 5.43 Å². The lowest BCUT2D eigenvalue weighted by molar-refractivity contribution is -0.136. The van der Waals surface area contributed by atoms with Gasteiger partial charge in [-0.3, -0.25) is 14.4 Å². The molecule has 1 aliphatic heterocycles. The fourth-order valence-electron chi connectivity index (χ4n) is 3.01. The summed E-state index contributed by atoms with van der Waals surface area (Å²) in [5.41, 5.74) is 4.89. The molecule has 3 aromatic rings. The molecule has 3 aromatic carbocycles. The van der Waals surface area contributed by atoms with Crippen molar-refractivity contribution in [3.8, 4) is 11.5 Å². The molecule has 0 spiro atoms. The van der Waals surface area contributed by atoms with E-state index >= 15 is 0 Å². The van der Waals surface area contributed by atoms with Crippen molar-refractivity contribution in [1.82, 2.24) is 5.43 Å². The molecule has 0 aromatic heterocycles. The molecule has 4 rings (SSSR count). The van der Waals surface area contributed by atoms with Crippen LogP contribution in [0, 0.1) is 6.92 Å². The molecule has 0 fully saturated rings. The summed E-state index contributed by atoms with van der Waals surface area (Å²) < 4.78 is 10.5. The van der Waals surface area contributed by atoms with Crippen LogP contribution < -0.4 is 25.5 Å². The Morgan fingerprint density at radius 2 is 1.64 bits per heavy atom. The molecule has 166 valence electrons. The molecule has 0 bridgehead atoms. The van der Waals surface area contributed by atoms with E-state index in [1.54, 1.807) is 48.5 Å². The normalized spacial score (nSPS) is 11.8. The maximum Gasteiger partial charge on any atom is 0.329 e. The number of carbonyl (C=O) groups is 3. The highest BCUT2D eigenvalue weighted by Gasteiger charge is 2.18. The van der Waals surface area contributed by atoms with E-state index in [0.717, 1.165) is 5.56 Å². The number of fused-ring (bicyclic) bond motifs is 1. The maximum absolute atomic E-state index is 12.7. The number of nitrogens with one attached hydrogen (secondary N) is 3. The molecular formula is C24H20N4O5. The minimum Gasteiger partial charge on any atom is -0.454 e. The van der Waals surface area contributed by atoms with Crippen LogP contribution in [0.4, 0.5) is 11.4 Å². The van der Waals surface area contributed by atoms with E-state index in [4.69, 9.17) is 9.47 Å². The van der Waals surface area contributed by atoms with E-state index in [9.17, 15) is 14.4 Å². The molecule has 0 saturated carbocycles. The summed E-state index contributed by atoms with van der Waals surface area (Å²) in [5.74, 6) is -1.17. The van der Waals surface area contributed by atoms with Gasteiger partial charge in [0, 0.05) is 5.69 Å². The molecule has 0 saturated heterocycles. The van der Waals surface area contributed by atoms with Gasteiger partial charge in [0.05, 0.1) is 17.5 Å². The van der Waals surface area contributed by atoms with Crippen LogP contribution in [-0.2, 0) is 9.59 Å². The van der Waals surface area contributed by atoms with E-state index in [0.29, 0.717) is 22.7 Å². The SMILES string of the molecule is Cc1ccc(NC(=O)c2ccccc2NC(=O)C(=O)N/N=C/c2ccc3c(c2)OCO3)cc1. The fourth-order valence-corrected chi connectivity index (χ4v) is 3.01. The quantitative estimate of drug-likeness (QED) is 0.318. The second-order valence-corrected chi connectivity index (χ2v) is 7.13. The number of aryl methyl sites for hydroxylation is 1. The smallest absolute Gasteiger partial charge is 0.329 e. The van der Waals surface area contributed by atoms with Crippen molar-refractivity contribution in [1.29, 1.82) is 0 Å². The summed E-state index contributed by atoms with van der Waals surface area (Å²) in [6, 6.07) is 18.8. The Hall–Kier alpha value is -4.66. The van der Waals surface area contributed by atoms with Gasteiger partial charge in [0.2, 0.25) is 6.79 Å². The Morgan fingerprint density at radius 3 is 2.45 bits per heavy atom. The van der Waals surface area contributed by atoms with Crippen LogP contribution >= 0.6 is 0 Å². The van der Waals surface area contributed by atoms with Gasteiger partial charge in [-0.15, -0.1) is 0 Å². The molecule has 9 heteroatoms. The number of hydrogen-bond donors (Lipinski definition) is 3. The van der Waals surface area contributed by atoms with Gasteiger partial charge in [0.15, 0.2) is 11.5 Å². The van der Waals surface area contributed by atoms with Gasteiger partial charge >= 0.3 is 11.8 Å². The first kappa shape index (κ1) is 21.6. The second kappa shape index (κ2) is 9.65. The molecule has 3 N–H and O–H groups in total. The largest absolute Gasteiger partial charge is 0.454 e. The number of anilines is 2. The van der Waals surface area contributed by atoms with E-state index < -0.39 is 17.7 Å². The molecule has 3 amide bonds. The molecule has 1 heterocycles. The van der Waals surface area contributed by atoms with Crippen molar-refractivity contribution in [3.05, 3.63) is 83.4 Å². The Bertz CT molecular complexity index is 1240. The summed E-state index contributed by atoms with van der Waals surface area (Å²) in [4.78, 5) is 37.1. The molecule has 0 atom stereocenters. The van der Waals surface area contributed by atoms with Crippen LogP contribution in [0.3, 0.4) is 0 Å². The van der Waals surface area contributed by atoms with Gasteiger partial charge in [-0.2, -0.15) is 5.10 Å². The topological polar surface area (TPSA) is 118 Å². The Morgan fingerprint density at radius 1 is 0.879 bits per heavy atom. The van der Waals surface area contributed by atoms with Gasteiger partial charge in [-0.1, -0.05) is 29.8 Å². The zero-order valence-corrected chi connectivity index (χ0v) is 17.6. The molecule has 0 unspecified atom stereocenters. The molecule has 33 heavy (non-hydrogen) atoms. The number of amides is 3. The highest BCUT2D eigenvalue weighted by atomic mass is 16.7. The average molecular weight is 444 g/mol. The zero-order valence-electron chi connectivity index (χ0n) is 17.6. The lowest BCUT2D eigenvalue weighted by Crippen LogP contribution is -2.33. The summed E-state index contributed by atoms with van der Waals surface area (Å²) in [5, 5.41) is 9.00. The van der Waals surface area contributed by atoms with Crippen LogP contribution in [0.5, 0.6) is 11.5 Å². The van der Waals surface area contributed by atoms with Gasteiger partial charge in [0.25, 0.3) is 5.91 Å². The monoisotopic (exact) mass is 444 g/mol. The maximum atomic E-state index is 12.7. The fraction of sp³-hybridized carbons (Fsp3) is 0.0833. The minimum atomic E-state index is -0.985. The van der Waals surface area contributed by atoms with Crippen molar-refractivity contribution in [2.75, 3.05) is 17.4 Å². The first-order valence-electron chi connectivity index (χ1n) is 10.0. The number of para-hydroxylation sites is 1. The lowest BCUT2D eigenvalue weighted by Gasteiger charge is -2.11. The molecule has 0 radical (unpaired) electrons. The Labute approximate surface area is 189 Å². The second-order valence-electron chi connectivity index (χ2n) is 7.13. The standard InChI is InChI=1S/C24H20N4O5/c1-15-6-9-17(10-7-15)26-22(29)18-4-2-3-5-19(18)27-23(30)24(31)28-25-13-16-8-11-20-21(12-16)33-14-32-20/h2-13H,14H2,1H3,(H,26,29)(H,27,30)(H,28,31)/b25-13+. The number of ether oxygens (including phenoxy) is 2. The zero-order chi connectivity index (χ0) is 23.2. The van der Waals surface area contributed by atoms with Crippen molar-refractivity contribution in [2.24, 2.45) is 5.10 Å². The summed E-state index contributed by atoms with van der Waals surface area (Å²) in [6.07, 6.45) is 1.37. The van der Waals surface area contributed by atoms with E-state index in [1.807, 2.05) is 19.1 Å². The third-order valence-electron chi connectivity index (χ3n) is 4.71. The third-order valence-corrected chi connectivity index (χ3v) is 4.71. The number of hydrazone groups is 1. The van der Waals surface area contributed by atoms with Crippen LogP contribution in [0.2, 0.25) is 0 Å². The average Bonchev–Trinajstić information content (AvgIpc) is 3.29. The molecule has 1 aliphatic rings. The first-order valence-corrected chi connectivity index (χ1v) is 10.0. The Balaban J connectivity index is 1.37. The minimum absolute atomic E-state index is 0.150. The Kier molecular flexibility index (Phi) is 6.31. The number of hydrogen-bond acceptors (Lipinski definition) is 6. The summed E-state index contributed by atoms with van der Waals surface area (Å²) in [6.45, 7) is 2.10. The number of benzene rings is 3. The highest BCUT2D eigenvalue weighted by Crippen LogP contribution is 2.31. The number of rotatable bonds is 5.